The first kappa shape index (κ1) is 30.9. The van der Waals surface area contributed by atoms with Crippen LogP contribution in [0, 0.1) is 21.6 Å². The van der Waals surface area contributed by atoms with E-state index >= 15 is 0 Å². The van der Waals surface area contributed by atoms with Crippen LogP contribution >= 0.6 is 58.5 Å². The van der Waals surface area contributed by atoms with Crippen LogP contribution in [-0.4, -0.2) is 43.7 Å². The van der Waals surface area contributed by atoms with Crippen molar-refractivity contribution in [3.8, 4) is 0 Å². The van der Waals surface area contributed by atoms with E-state index in [1.54, 1.807) is 60.3 Å². The Morgan fingerprint density at radius 1 is 0.676 bits per heavy atom. The molecule has 0 radical (unpaired) electrons. The summed E-state index contributed by atoms with van der Waals surface area (Å²) in [5, 5.41) is 38.0. The second-order valence-electron chi connectivity index (χ2n) is 7.45. The lowest BCUT2D eigenvalue weighted by Gasteiger charge is -2.09. The summed E-state index contributed by atoms with van der Waals surface area (Å²) in [7, 11) is 0. The highest BCUT2D eigenvalue weighted by atomic mass is 35.5. The van der Waals surface area contributed by atoms with Gasteiger partial charge in [0.25, 0.3) is 0 Å². The largest absolute Gasteiger partial charge is 0.305 e. The van der Waals surface area contributed by atoms with E-state index < -0.39 is 0 Å². The van der Waals surface area contributed by atoms with Gasteiger partial charge < -0.3 is 10.6 Å². The van der Waals surface area contributed by atoms with Crippen LogP contribution in [0.1, 0.15) is 24.0 Å². The van der Waals surface area contributed by atoms with Crippen LogP contribution in [0.5, 0.6) is 0 Å². The monoisotopic (exact) mass is 596 g/mol. The Hall–Kier alpha value is -2.31. The highest BCUT2D eigenvalue weighted by Gasteiger charge is 2.12. The standard InChI is InChI=1S/C24H26Cl2N6O2S3/c25-17-7-3-1-5-15(17)13-21(33)31-23(29)36-19(27)9-11-35-12-10-20(28)37-24(30)32-22(34)14-16-6-2-4-8-18(16)26/h1-8,27-28H,9-14H2,(H2,29,31,33)(H2,30,32,34). The van der Waals surface area contributed by atoms with Gasteiger partial charge in [-0.15, -0.1) is 0 Å². The van der Waals surface area contributed by atoms with E-state index in [9.17, 15) is 9.59 Å². The zero-order valence-corrected chi connectivity index (χ0v) is 23.6. The summed E-state index contributed by atoms with van der Waals surface area (Å²) in [6.45, 7) is 0. The summed E-state index contributed by atoms with van der Waals surface area (Å²) in [6, 6.07) is 14.0. The molecule has 2 aromatic rings. The average molecular weight is 598 g/mol. The highest BCUT2D eigenvalue weighted by Crippen LogP contribution is 2.18. The van der Waals surface area contributed by atoms with Crippen LogP contribution in [0.25, 0.3) is 0 Å². The number of carbonyl (C=O) groups is 2. The third kappa shape index (κ3) is 12.7. The van der Waals surface area contributed by atoms with Crippen molar-refractivity contribution >= 4 is 90.7 Å². The molecule has 37 heavy (non-hydrogen) atoms. The SMILES string of the molecule is N=C(CCSCCC(=N)SC(=N)NC(=O)Cc1ccccc1Cl)SC(=N)NC(=O)Cc1ccccc1Cl. The molecule has 0 aliphatic heterocycles. The number of amides is 2. The van der Waals surface area contributed by atoms with Gasteiger partial charge in [-0.05, 0) is 58.3 Å². The summed E-state index contributed by atoms with van der Waals surface area (Å²) in [5.41, 5.74) is 1.34. The summed E-state index contributed by atoms with van der Waals surface area (Å²) < 4.78 is 0. The quantitative estimate of drug-likeness (QED) is 0.116. The summed E-state index contributed by atoms with van der Waals surface area (Å²) >= 11 is 15.4. The van der Waals surface area contributed by atoms with Gasteiger partial charge in [-0.3, -0.25) is 31.2 Å². The lowest BCUT2D eigenvalue weighted by Crippen LogP contribution is -2.30. The predicted octanol–water partition coefficient (Wildman–Crippen LogP) is 5.81. The van der Waals surface area contributed by atoms with Crippen molar-refractivity contribution in [2.75, 3.05) is 11.5 Å². The molecular weight excluding hydrogens is 571 g/mol. The first-order valence-electron chi connectivity index (χ1n) is 11.0. The van der Waals surface area contributed by atoms with Gasteiger partial charge >= 0.3 is 0 Å². The molecule has 2 aromatic carbocycles. The zero-order valence-electron chi connectivity index (χ0n) is 19.7. The van der Waals surface area contributed by atoms with Gasteiger partial charge in [-0.25, -0.2) is 0 Å². The van der Waals surface area contributed by atoms with E-state index in [1.165, 1.54) is 0 Å². The third-order valence-corrected chi connectivity index (χ3v) is 7.76. The summed E-state index contributed by atoms with van der Waals surface area (Å²) in [5.74, 6) is 0.511. The van der Waals surface area contributed by atoms with E-state index in [0.29, 0.717) is 45.5 Å². The minimum absolute atomic E-state index is 0.0539. The first-order chi connectivity index (χ1) is 17.6. The molecule has 0 aromatic heterocycles. The van der Waals surface area contributed by atoms with Gasteiger partial charge in [0.15, 0.2) is 10.3 Å². The molecule has 8 nitrogen and oxygen atoms in total. The number of hydrogen-bond acceptors (Lipinski definition) is 9. The fraction of sp³-hybridized carbons (Fsp3) is 0.250. The molecule has 0 saturated heterocycles. The molecule has 0 spiro atoms. The Kier molecular flexibility index (Phi) is 13.8. The minimum atomic E-state index is -0.366. The van der Waals surface area contributed by atoms with Gasteiger partial charge in [0, 0.05) is 22.9 Å². The molecule has 0 saturated carbocycles. The van der Waals surface area contributed by atoms with Crippen LogP contribution in [0.15, 0.2) is 48.5 Å². The van der Waals surface area contributed by atoms with E-state index in [2.05, 4.69) is 10.6 Å². The van der Waals surface area contributed by atoms with Crippen molar-refractivity contribution in [1.29, 1.82) is 21.6 Å². The normalized spacial score (nSPS) is 10.4. The van der Waals surface area contributed by atoms with Crippen LogP contribution in [0.3, 0.4) is 0 Å². The molecule has 0 fully saturated rings. The number of carbonyl (C=O) groups excluding carboxylic acids is 2. The molecule has 6 N–H and O–H groups in total. The van der Waals surface area contributed by atoms with Gasteiger partial charge in [0.1, 0.15) is 0 Å². The number of amidine groups is 2. The molecule has 0 unspecified atom stereocenters. The molecule has 2 amide bonds. The van der Waals surface area contributed by atoms with Gasteiger partial charge in [0.2, 0.25) is 11.8 Å². The van der Waals surface area contributed by atoms with E-state index in [4.69, 9.17) is 44.8 Å². The molecule has 196 valence electrons. The number of benzene rings is 2. The lowest BCUT2D eigenvalue weighted by molar-refractivity contribution is -0.119. The molecule has 0 heterocycles. The second-order valence-corrected chi connectivity index (χ2v) is 11.7. The fourth-order valence-corrected chi connectivity index (χ4v) is 5.60. The lowest BCUT2D eigenvalue weighted by atomic mass is 10.1. The number of halogens is 2. The number of nitrogens with one attached hydrogen (secondary N) is 6. The molecule has 0 aliphatic carbocycles. The number of hydrogen-bond donors (Lipinski definition) is 6. The maximum absolute atomic E-state index is 12.1. The van der Waals surface area contributed by atoms with Crippen molar-refractivity contribution < 1.29 is 9.59 Å². The van der Waals surface area contributed by atoms with Crippen molar-refractivity contribution in [3.63, 3.8) is 0 Å². The van der Waals surface area contributed by atoms with E-state index in [-0.39, 0.29) is 45.1 Å². The Bertz CT molecular complexity index is 1090. The molecule has 0 aliphatic rings. The maximum Gasteiger partial charge on any atom is 0.230 e. The Morgan fingerprint density at radius 2 is 1.05 bits per heavy atom. The second kappa shape index (κ2) is 16.5. The average Bonchev–Trinajstić information content (AvgIpc) is 2.81. The highest BCUT2D eigenvalue weighted by molar-refractivity contribution is 8.26. The number of thioether (sulfide) groups is 3. The summed E-state index contributed by atoms with van der Waals surface area (Å²) in [4.78, 5) is 24.2. The smallest absolute Gasteiger partial charge is 0.230 e. The molecule has 2 rings (SSSR count). The minimum Gasteiger partial charge on any atom is -0.305 e. The molecule has 13 heteroatoms. The van der Waals surface area contributed by atoms with Gasteiger partial charge in [-0.1, -0.05) is 59.6 Å². The Labute approximate surface area is 238 Å². The van der Waals surface area contributed by atoms with Gasteiger partial charge in [0.05, 0.1) is 22.9 Å². The van der Waals surface area contributed by atoms with Gasteiger partial charge in [-0.2, -0.15) is 11.8 Å². The van der Waals surface area contributed by atoms with Crippen LogP contribution < -0.4 is 10.6 Å². The van der Waals surface area contributed by atoms with Crippen molar-refractivity contribution in [2.24, 2.45) is 0 Å². The van der Waals surface area contributed by atoms with E-state index in [0.717, 1.165) is 23.5 Å². The van der Waals surface area contributed by atoms with Crippen LogP contribution in [0.4, 0.5) is 0 Å². The third-order valence-electron chi connectivity index (χ3n) is 4.52. The van der Waals surface area contributed by atoms with Crippen molar-refractivity contribution in [2.45, 2.75) is 25.7 Å². The Balaban J connectivity index is 1.55. The Morgan fingerprint density at radius 3 is 1.43 bits per heavy atom. The van der Waals surface area contributed by atoms with E-state index in [1.807, 2.05) is 0 Å². The topological polar surface area (TPSA) is 154 Å². The summed E-state index contributed by atoms with van der Waals surface area (Å²) in [6.07, 6.45) is 0.954. The first-order valence-corrected chi connectivity index (χ1v) is 14.5. The predicted molar refractivity (Wildman–Crippen MR) is 159 cm³/mol. The van der Waals surface area contributed by atoms with Crippen LogP contribution in [0.2, 0.25) is 10.0 Å². The van der Waals surface area contributed by atoms with Crippen molar-refractivity contribution in [3.05, 3.63) is 69.7 Å². The molecular formula is C24H26Cl2N6O2S3. The van der Waals surface area contributed by atoms with Crippen molar-refractivity contribution in [1.82, 2.24) is 10.6 Å². The maximum atomic E-state index is 12.1. The zero-order chi connectivity index (χ0) is 27.2. The van der Waals surface area contributed by atoms with Crippen LogP contribution in [-0.2, 0) is 22.4 Å². The molecule has 0 atom stereocenters. The molecule has 0 bridgehead atoms. The fourth-order valence-electron chi connectivity index (χ4n) is 2.80. The number of rotatable bonds is 10.